The second-order valence-electron chi connectivity index (χ2n) is 8.27. The fourth-order valence-corrected chi connectivity index (χ4v) is 4.19. The van der Waals surface area contributed by atoms with Gasteiger partial charge in [0.05, 0.1) is 35.9 Å². The van der Waals surface area contributed by atoms with Crippen molar-refractivity contribution in [1.82, 2.24) is 15.0 Å². The normalized spacial score (nSPS) is 24.6. The molecule has 5 N–H and O–H groups in total. The molecule has 0 aliphatic carbocycles. The van der Waals surface area contributed by atoms with Crippen LogP contribution >= 0.6 is 0 Å². The SMILES string of the molecule is CC[C@]1(O)[C@H](O)C[C@H](c2ccncc2NC(=O)c2nc(-c3ccncc3)c(F)cc2N)O[C@@H]1C. The number of hydrogen-bond acceptors (Lipinski definition) is 8. The quantitative estimate of drug-likeness (QED) is 0.448. The van der Waals surface area contributed by atoms with Crippen LogP contribution in [0.2, 0.25) is 0 Å². The monoisotopic (exact) mass is 467 g/mol. The number of nitrogens with zero attached hydrogens (tertiary/aromatic N) is 3. The molecule has 10 heteroatoms. The number of anilines is 2. The van der Waals surface area contributed by atoms with E-state index in [-0.39, 0.29) is 23.5 Å². The van der Waals surface area contributed by atoms with Gasteiger partial charge < -0.3 is 26.0 Å². The smallest absolute Gasteiger partial charge is 0.276 e. The molecule has 3 aromatic heterocycles. The lowest BCUT2D eigenvalue weighted by Gasteiger charge is -2.45. The molecule has 4 rings (SSSR count). The molecular formula is C24H26FN5O4. The molecule has 4 heterocycles. The number of carbonyl (C=O) groups is 1. The Labute approximate surface area is 195 Å². The summed E-state index contributed by atoms with van der Waals surface area (Å²) in [6.45, 7) is 3.48. The average Bonchev–Trinajstić information content (AvgIpc) is 2.83. The predicted molar refractivity (Wildman–Crippen MR) is 123 cm³/mol. The topological polar surface area (TPSA) is 143 Å². The third kappa shape index (κ3) is 4.35. The molecule has 178 valence electrons. The molecular weight excluding hydrogens is 441 g/mol. The number of hydrogen-bond donors (Lipinski definition) is 4. The highest BCUT2D eigenvalue weighted by molar-refractivity contribution is 6.06. The van der Waals surface area contributed by atoms with Gasteiger partial charge in [-0.2, -0.15) is 0 Å². The lowest BCUT2D eigenvalue weighted by atomic mass is 9.81. The minimum Gasteiger partial charge on any atom is -0.397 e. The zero-order valence-electron chi connectivity index (χ0n) is 18.8. The Balaban J connectivity index is 1.62. The molecule has 0 spiro atoms. The van der Waals surface area contributed by atoms with E-state index in [9.17, 15) is 19.4 Å². The number of aliphatic hydroxyl groups excluding tert-OH is 1. The number of carbonyl (C=O) groups excluding carboxylic acids is 1. The van der Waals surface area contributed by atoms with E-state index in [0.29, 0.717) is 23.2 Å². The van der Waals surface area contributed by atoms with Crippen LogP contribution in [-0.2, 0) is 4.74 Å². The lowest BCUT2D eigenvalue weighted by molar-refractivity contribution is -0.224. The molecule has 0 bridgehead atoms. The highest BCUT2D eigenvalue weighted by Crippen LogP contribution is 2.40. The van der Waals surface area contributed by atoms with E-state index < -0.39 is 35.6 Å². The van der Waals surface area contributed by atoms with Crippen LogP contribution in [0.4, 0.5) is 15.8 Å². The molecule has 1 amide bonds. The van der Waals surface area contributed by atoms with E-state index in [1.165, 1.54) is 24.8 Å². The fraction of sp³-hybridized carbons (Fsp3) is 0.333. The van der Waals surface area contributed by atoms with Gasteiger partial charge in [-0.15, -0.1) is 0 Å². The van der Waals surface area contributed by atoms with Crippen molar-refractivity contribution in [2.45, 2.75) is 50.6 Å². The molecule has 34 heavy (non-hydrogen) atoms. The minimum absolute atomic E-state index is 0.0282. The van der Waals surface area contributed by atoms with Gasteiger partial charge in [-0.05, 0) is 31.5 Å². The van der Waals surface area contributed by atoms with Crippen molar-refractivity contribution < 1.29 is 24.1 Å². The Hall–Kier alpha value is -3.47. The summed E-state index contributed by atoms with van der Waals surface area (Å²) < 4.78 is 20.5. The van der Waals surface area contributed by atoms with Gasteiger partial charge in [-0.25, -0.2) is 9.37 Å². The summed E-state index contributed by atoms with van der Waals surface area (Å²) >= 11 is 0. The molecule has 0 aromatic carbocycles. The first kappa shape index (κ1) is 23.7. The van der Waals surface area contributed by atoms with Crippen LogP contribution in [0.25, 0.3) is 11.3 Å². The summed E-state index contributed by atoms with van der Waals surface area (Å²) in [6.07, 6.45) is 4.18. The van der Waals surface area contributed by atoms with Crippen molar-refractivity contribution in [3.63, 3.8) is 0 Å². The van der Waals surface area contributed by atoms with Crippen molar-refractivity contribution in [3.8, 4) is 11.3 Å². The molecule has 0 saturated carbocycles. The van der Waals surface area contributed by atoms with Gasteiger partial charge in [0.1, 0.15) is 11.3 Å². The van der Waals surface area contributed by atoms with Gasteiger partial charge in [0.25, 0.3) is 5.91 Å². The Morgan fingerprint density at radius 1 is 1.29 bits per heavy atom. The third-order valence-electron chi connectivity index (χ3n) is 6.28. The zero-order valence-corrected chi connectivity index (χ0v) is 18.8. The maximum Gasteiger partial charge on any atom is 0.276 e. The van der Waals surface area contributed by atoms with E-state index in [0.717, 1.165) is 6.07 Å². The van der Waals surface area contributed by atoms with Crippen molar-refractivity contribution >= 4 is 17.3 Å². The number of nitrogens with two attached hydrogens (primary N) is 1. The molecule has 0 unspecified atom stereocenters. The van der Waals surface area contributed by atoms with E-state index >= 15 is 0 Å². The summed E-state index contributed by atoms with van der Waals surface area (Å²) in [7, 11) is 0. The van der Waals surface area contributed by atoms with Crippen LogP contribution in [0.15, 0.2) is 49.1 Å². The third-order valence-corrected chi connectivity index (χ3v) is 6.28. The zero-order chi connectivity index (χ0) is 24.5. The molecule has 1 aliphatic rings. The van der Waals surface area contributed by atoms with Gasteiger partial charge in [0.2, 0.25) is 0 Å². The number of nitrogens with one attached hydrogen (secondary N) is 1. The molecule has 3 aromatic rings. The van der Waals surface area contributed by atoms with Crippen LogP contribution < -0.4 is 11.1 Å². The van der Waals surface area contributed by atoms with Crippen molar-refractivity contribution in [2.75, 3.05) is 11.1 Å². The summed E-state index contributed by atoms with van der Waals surface area (Å²) in [4.78, 5) is 25.2. The Morgan fingerprint density at radius 3 is 2.68 bits per heavy atom. The van der Waals surface area contributed by atoms with Crippen molar-refractivity contribution in [2.24, 2.45) is 0 Å². The van der Waals surface area contributed by atoms with Crippen molar-refractivity contribution in [3.05, 3.63) is 66.1 Å². The number of pyridine rings is 3. The molecule has 4 atom stereocenters. The molecule has 1 saturated heterocycles. The van der Waals surface area contributed by atoms with E-state index in [2.05, 4.69) is 20.3 Å². The minimum atomic E-state index is -1.36. The van der Waals surface area contributed by atoms with Crippen LogP contribution in [0.3, 0.4) is 0 Å². The predicted octanol–water partition coefficient (Wildman–Crippen LogP) is 2.86. The Kier molecular flexibility index (Phi) is 6.56. The van der Waals surface area contributed by atoms with E-state index in [1.807, 2.05) is 0 Å². The summed E-state index contributed by atoms with van der Waals surface area (Å²) in [6, 6.07) is 5.87. The van der Waals surface area contributed by atoms with Gasteiger partial charge in [-0.1, -0.05) is 6.92 Å². The van der Waals surface area contributed by atoms with E-state index in [4.69, 9.17) is 10.5 Å². The number of rotatable bonds is 5. The van der Waals surface area contributed by atoms with Crippen LogP contribution in [0, 0.1) is 5.82 Å². The standard InChI is InChI=1S/C24H26FN5O4/c1-3-24(33)13(2)34-19(11-20(24)31)15-6-9-28-12-18(15)29-23(32)22-17(26)10-16(25)21(30-22)14-4-7-27-8-5-14/h4-10,12-13,19-20,31,33H,3,11,26H2,1-2H3,(H,29,32)/t13-,19-,20-,24-/m1/s1. The first-order valence-electron chi connectivity index (χ1n) is 10.9. The first-order chi connectivity index (χ1) is 16.2. The number of aromatic nitrogens is 3. The van der Waals surface area contributed by atoms with Gasteiger partial charge in [0.15, 0.2) is 11.5 Å². The highest BCUT2D eigenvalue weighted by atomic mass is 19.1. The van der Waals surface area contributed by atoms with E-state index in [1.54, 1.807) is 32.0 Å². The second kappa shape index (κ2) is 9.41. The molecule has 0 radical (unpaired) electrons. The Morgan fingerprint density at radius 2 is 2.00 bits per heavy atom. The van der Waals surface area contributed by atoms with Crippen molar-refractivity contribution in [1.29, 1.82) is 0 Å². The summed E-state index contributed by atoms with van der Waals surface area (Å²) in [5, 5.41) is 24.0. The highest BCUT2D eigenvalue weighted by Gasteiger charge is 2.47. The lowest BCUT2D eigenvalue weighted by Crippen LogP contribution is -2.56. The molecule has 1 aliphatic heterocycles. The van der Waals surface area contributed by atoms with Gasteiger partial charge >= 0.3 is 0 Å². The number of amides is 1. The maximum atomic E-state index is 14.5. The van der Waals surface area contributed by atoms with Gasteiger partial charge in [0, 0.05) is 42.2 Å². The van der Waals surface area contributed by atoms with Crippen LogP contribution in [0.5, 0.6) is 0 Å². The van der Waals surface area contributed by atoms with Gasteiger partial charge in [-0.3, -0.25) is 14.8 Å². The average molecular weight is 468 g/mol. The molecule has 9 nitrogen and oxygen atoms in total. The molecule has 1 fully saturated rings. The van der Waals surface area contributed by atoms with Crippen LogP contribution in [0.1, 0.15) is 48.8 Å². The maximum absolute atomic E-state index is 14.5. The van der Waals surface area contributed by atoms with Crippen LogP contribution in [-0.4, -0.2) is 48.9 Å². The number of aliphatic hydroxyl groups is 2. The number of nitrogen functional groups attached to an aromatic ring is 1. The first-order valence-corrected chi connectivity index (χ1v) is 10.9. The number of ether oxygens (including phenoxy) is 1. The summed E-state index contributed by atoms with van der Waals surface area (Å²) in [5.74, 6) is -1.32. The summed E-state index contributed by atoms with van der Waals surface area (Å²) in [5.41, 5.74) is 5.60. The largest absolute Gasteiger partial charge is 0.397 e. The second-order valence-corrected chi connectivity index (χ2v) is 8.27. The number of halogens is 1. The fourth-order valence-electron chi connectivity index (χ4n) is 4.19. The Bertz CT molecular complexity index is 1180.